The Morgan fingerprint density at radius 2 is 2.14 bits per heavy atom. The zero-order valence-corrected chi connectivity index (χ0v) is 21.1. The quantitative estimate of drug-likeness (QED) is 0.318. The number of carbonyl (C=O) groups is 1. The zero-order chi connectivity index (χ0) is 26.0. The van der Waals surface area contributed by atoms with Crippen molar-refractivity contribution >= 4 is 37.8 Å². The standard InChI is InChI=1S/C21H21BrF2N6O5S/c1-25-36(33,34)35-17-7-16(18(24)20(17)32)28-21-12(8-26-10-27-21)19(31)15-4-5-30(29-15)9-11-2-3-14(23)13(22)6-11/h2-6,8,10,16-18,20,25,32H,7,9H2,1H3,(H,26,27,28)/t16-,17-,18-,20-/m1/s1. The van der Waals surface area contributed by atoms with Crippen LogP contribution in [0.5, 0.6) is 0 Å². The van der Waals surface area contributed by atoms with Crippen LogP contribution in [0.25, 0.3) is 0 Å². The van der Waals surface area contributed by atoms with Crippen molar-refractivity contribution in [3.8, 4) is 0 Å². The topological polar surface area (TPSA) is 148 Å². The summed E-state index contributed by atoms with van der Waals surface area (Å²) in [5, 5.41) is 17.1. The van der Waals surface area contributed by atoms with Gasteiger partial charge in [-0.25, -0.2) is 18.7 Å². The van der Waals surface area contributed by atoms with Gasteiger partial charge in [-0.3, -0.25) is 13.7 Å². The molecular weight excluding hydrogens is 566 g/mol. The summed E-state index contributed by atoms with van der Waals surface area (Å²) in [5.41, 5.74) is 0.821. The number of rotatable bonds is 9. The molecule has 36 heavy (non-hydrogen) atoms. The van der Waals surface area contributed by atoms with E-state index >= 15 is 0 Å². The van der Waals surface area contributed by atoms with Gasteiger partial charge in [-0.15, -0.1) is 0 Å². The Kier molecular flexibility index (Phi) is 7.75. The first-order chi connectivity index (χ1) is 17.1. The fourth-order valence-corrected chi connectivity index (χ4v) is 4.77. The van der Waals surface area contributed by atoms with E-state index in [2.05, 4.69) is 36.3 Å². The molecule has 2 heterocycles. The van der Waals surface area contributed by atoms with Crippen LogP contribution in [0.4, 0.5) is 14.6 Å². The molecule has 0 saturated heterocycles. The maximum Gasteiger partial charge on any atom is 0.335 e. The molecule has 1 fully saturated rings. The molecule has 0 spiro atoms. The van der Waals surface area contributed by atoms with E-state index in [9.17, 15) is 27.1 Å². The van der Waals surface area contributed by atoms with Gasteiger partial charge in [0, 0.05) is 25.9 Å². The third-order valence-electron chi connectivity index (χ3n) is 5.56. The minimum Gasteiger partial charge on any atom is -0.387 e. The van der Waals surface area contributed by atoms with Crippen LogP contribution in [0.2, 0.25) is 0 Å². The molecule has 15 heteroatoms. The van der Waals surface area contributed by atoms with Gasteiger partial charge in [0.05, 0.1) is 22.6 Å². The Labute approximate surface area is 213 Å². The maximum absolute atomic E-state index is 14.7. The number of halogens is 3. The van der Waals surface area contributed by atoms with E-state index in [1.807, 2.05) is 4.72 Å². The van der Waals surface area contributed by atoms with Crippen LogP contribution < -0.4 is 10.0 Å². The van der Waals surface area contributed by atoms with Crippen LogP contribution in [0.15, 0.2) is 47.5 Å². The minimum absolute atomic E-state index is 0.00109. The molecule has 1 aliphatic carbocycles. The number of hydrogen-bond acceptors (Lipinski definition) is 9. The lowest BCUT2D eigenvalue weighted by molar-refractivity contribution is 0.0248. The van der Waals surface area contributed by atoms with Gasteiger partial charge in [-0.1, -0.05) is 6.07 Å². The molecule has 4 rings (SSSR count). The molecule has 11 nitrogen and oxygen atoms in total. The van der Waals surface area contributed by atoms with Crippen LogP contribution in [-0.4, -0.2) is 70.5 Å². The lowest BCUT2D eigenvalue weighted by atomic mass is 10.1. The normalized spacial score (nSPS) is 22.0. The number of nitrogens with zero attached hydrogens (tertiary/aromatic N) is 4. The van der Waals surface area contributed by atoms with Crippen LogP contribution in [-0.2, 0) is 21.0 Å². The van der Waals surface area contributed by atoms with Gasteiger partial charge in [0.1, 0.15) is 42.0 Å². The summed E-state index contributed by atoms with van der Waals surface area (Å²) in [7, 11) is -3.03. The number of benzene rings is 1. The first kappa shape index (κ1) is 26.2. The molecule has 1 aliphatic rings. The lowest BCUT2D eigenvalue weighted by Crippen LogP contribution is -2.35. The summed E-state index contributed by atoms with van der Waals surface area (Å²) in [6.07, 6.45) is -1.17. The van der Waals surface area contributed by atoms with Gasteiger partial charge in [0.15, 0.2) is 0 Å². The smallest absolute Gasteiger partial charge is 0.335 e. The summed E-state index contributed by atoms with van der Waals surface area (Å²) in [5.74, 6) is -0.952. The number of aliphatic hydroxyl groups is 1. The monoisotopic (exact) mass is 586 g/mol. The second kappa shape index (κ2) is 10.6. The average molecular weight is 587 g/mol. The summed E-state index contributed by atoms with van der Waals surface area (Å²) >= 11 is 3.13. The summed E-state index contributed by atoms with van der Waals surface area (Å²) in [6, 6.07) is 4.91. The lowest BCUT2D eigenvalue weighted by Gasteiger charge is -2.17. The van der Waals surface area contributed by atoms with Gasteiger partial charge < -0.3 is 10.4 Å². The number of anilines is 1. The fourth-order valence-electron chi connectivity index (χ4n) is 3.73. The Hall–Kier alpha value is -2.85. The summed E-state index contributed by atoms with van der Waals surface area (Å²) in [6.45, 7) is 0.281. The average Bonchev–Trinajstić information content (AvgIpc) is 3.41. The van der Waals surface area contributed by atoms with Gasteiger partial charge >= 0.3 is 10.3 Å². The first-order valence-corrected chi connectivity index (χ1v) is 12.8. The highest BCUT2D eigenvalue weighted by molar-refractivity contribution is 9.10. The number of nitrogens with one attached hydrogen (secondary N) is 2. The Bertz CT molecular complexity index is 1370. The Morgan fingerprint density at radius 3 is 2.86 bits per heavy atom. The summed E-state index contributed by atoms with van der Waals surface area (Å²) < 4.78 is 60.0. The number of ketones is 1. The van der Waals surface area contributed by atoms with E-state index in [1.54, 1.807) is 18.3 Å². The molecule has 2 aromatic heterocycles. The Morgan fingerprint density at radius 1 is 1.36 bits per heavy atom. The molecular formula is C21H21BrF2N6O5S. The Balaban J connectivity index is 1.49. The van der Waals surface area contributed by atoms with Crippen molar-refractivity contribution in [3.05, 3.63) is 70.1 Å². The predicted octanol–water partition coefficient (Wildman–Crippen LogP) is 1.59. The molecule has 4 atom stereocenters. The number of aromatic nitrogens is 4. The van der Waals surface area contributed by atoms with E-state index in [0.29, 0.717) is 4.47 Å². The molecule has 0 amide bonds. The largest absolute Gasteiger partial charge is 0.387 e. The van der Waals surface area contributed by atoms with Gasteiger partial charge in [0.25, 0.3) is 0 Å². The van der Waals surface area contributed by atoms with Crippen LogP contribution in [0.1, 0.15) is 28.0 Å². The van der Waals surface area contributed by atoms with Crippen molar-refractivity contribution in [3.63, 3.8) is 0 Å². The van der Waals surface area contributed by atoms with Crippen LogP contribution >= 0.6 is 15.9 Å². The molecule has 192 valence electrons. The highest BCUT2D eigenvalue weighted by atomic mass is 79.9. The number of hydrogen-bond donors (Lipinski definition) is 3. The molecule has 0 unspecified atom stereocenters. The van der Waals surface area contributed by atoms with E-state index < -0.39 is 46.3 Å². The third-order valence-corrected chi connectivity index (χ3v) is 7.17. The molecule has 3 N–H and O–H groups in total. The molecule has 3 aromatic rings. The fraction of sp³-hybridized carbons (Fsp3) is 0.333. The van der Waals surface area contributed by atoms with E-state index in [1.165, 1.54) is 23.0 Å². The number of alkyl halides is 1. The van der Waals surface area contributed by atoms with Crippen LogP contribution in [0.3, 0.4) is 0 Å². The predicted molar refractivity (Wildman–Crippen MR) is 127 cm³/mol. The molecule has 1 aromatic carbocycles. The van der Waals surface area contributed by atoms with Crippen molar-refractivity contribution in [2.45, 2.75) is 37.4 Å². The molecule has 0 aliphatic heterocycles. The van der Waals surface area contributed by atoms with Crippen molar-refractivity contribution < 1.29 is 31.3 Å². The van der Waals surface area contributed by atoms with Crippen molar-refractivity contribution in [1.82, 2.24) is 24.5 Å². The first-order valence-electron chi connectivity index (χ1n) is 10.6. The maximum atomic E-state index is 14.7. The van der Waals surface area contributed by atoms with E-state index in [0.717, 1.165) is 18.9 Å². The van der Waals surface area contributed by atoms with Gasteiger partial charge in [0.2, 0.25) is 5.78 Å². The van der Waals surface area contributed by atoms with Gasteiger partial charge in [-0.05, 0) is 39.7 Å². The molecule has 0 bridgehead atoms. The van der Waals surface area contributed by atoms with Crippen molar-refractivity contribution in [2.24, 2.45) is 0 Å². The van der Waals surface area contributed by atoms with Crippen LogP contribution in [0, 0.1) is 5.82 Å². The van der Waals surface area contributed by atoms with Crippen molar-refractivity contribution in [1.29, 1.82) is 0 Å². The third kappa shape index (κ3) is 5.75. The second-order valence-corrected chi connectivity index (χ2v) is 10.3. The van der Waals surface area contributed by atoms with E-state index in [-0.39, 0.29) is 30.0 Å². The van der Waals surface area contributed by atoms with E-state index in [4.69, 9.17) is 4.18 Å². The molecule has 0 radical (unpaired) electrons. The number of carbonyl (C=O) groups excluding carboxylic acids is 1. The molecule has 1 saturated carbocycles. The van der Waals surface area contributed by atoms with Gasteiger partial charge in [-0.2, -0.15) is 18.2 Å². The summed E-state index contributed by atoms with van der Waals surface area (Å²) in [4.78, 5) is 21.0. The highest BCUT2D eigenvalue weighted by Gasteiger charge is 2.46. The number of aliphatic hydroxyl groups excluding tert-OH is 1. The van der Waals surface area contributed by atoms with Crippen molar-refractivity contribution in [2.75, 3.05) is 12.4 Å². The zero-order valence-electron chi connectivity index (χ0n) is 18.7. The SMILES string of the molecule is CNS(=O)(=O)O[C@@H]1C[C@@H](Nc2ncncc2C(=O)c2ccn(Cc3ccc(F)c(Br)c3)n2)[C@@H](F)[C@@H]1O. The second-order valence-electron chi connectivity index (χ2n) is 7.98. The minimum atomic E-state index is -4.15. The highest BCUT2D eigenvalue weighted by Crippen LogP contribution is 2.30.